The summed E-state index contributed by atoms with van der Waals surface area (Å²) in [4.78, 5) is 11.6. The molecule has 0 aliphatic heterocycles. The van der Waals surface area contributed by atoms with E-state index in [4.69, 9.17) is 14.7 Å². The van der Waals surface area contributed by atoms with E-state index >= 15 is 0 Å². The highest BCUT2D eigenvalue weighted by Crippen LogP contribution is 2.31. The van der Waals surface area contributed by atoms with Gasteiger partial charge in [-0.25, -0.2) is 0 Å². The van der Waals surface area contributed by atoms with Crippen molar-refractivity contribution in [2.45, 2.75) is 6.61 Å². The second kappa shape index (κ2) is 9.41. The summed E-state index contributed by atoms with van der Waals surface area (Å²) in [5, 5.41) is 11.5. The van der Waals surface area contributed by atoms with Gasteiger partial charge in [0, 0.05) is 21.6 Å². The third kappa shape index (κ3) is 5.10. The Morgan fingerprint density at radius 2 is 2.00 bits per heavy atom. The van der Waals surface area contributed by atoms with E-state index in [1.165, 1.54) is 20.2 Å². The van der Waals surface area contributed by atoms with Crippen LogP contribution in [-0.2, 0) is 11.4 Å². The number of nitrogens with one attached hydrogen (secondary N) is 1. The van der Waals surface area contributed by atoms with Gasteiger partial charge in [0.25, 0.3) is 5.91 Å². The highest BCUT2D eigenvalue weighted by atomic mass is 79.9. The minimum atomic E-state index is -0.438. The number of halogens is 2. The van der Waals surface area contributed by atoms with Gasteiger partial charge in [0.15, 0.2) is 11.5 Å². The molecule has 1 amide bonds. The van der Waals surface area contributed by atoms with Crippen molar-refractivity contribution in [1.29, 1.82) is 5.26 Å². The number of amides is 1. The molecule has 0 radical (unpaired) electrons. The third-order valence-corrected chi connectivity index (χ3v) is 4.72. The maximum atomic E-state index is 11.6. The Labute approximate surface area is 168 Å². The second-order valence-electron chi connectivity index (χ2n) is 5.18. The van der Waals surface area contributed by atoms with Crippen LogP contribution in [0.2, 0.25) is 0 Å². The molecular formula is C19H16Br2N2O3. The van der Waals surface area contributed by atoms with Gasteiger partial charge < -0.3 is 14.8 Å². The number of carbonyl (C=O) groups excluding carboxylic acids is 1. The summed E-state index contributed by atoms with van der Waals surface area (Å²) in [6.45, 7) is 0.362. The van der Waals surface area contributed by atoms with E-state index < -0.39 is 5.91 Å². The number of rotatable bonds is 6. The van der Waals surface area contributed by atoms with E-state index in [1.807, 2.05) is 24.3 Å². The summed E-state index contributed by atoms with van der Waals surface area (Å²) < 4.78 is 13.1. The number of nitrogens with zero attached hydrogens (tertiary/aromatic N) is 1. The summed E-state index contributed by atoms with van der Waals surface area (Å²) in [7, 11) is 3.01. The molecular weight excluding hydrogens is 464 g/mol. The molecule has 2 aromatic rings. The average molecular weight is 480 g/mol. The largest absolute Gasteiger partial charge is 0.493 e. The van der Waals surface area contributed by atoms with Gasteiger partial charge >= 0.3 is 0 Å². The lowest BCUT2D eigenvalue weighted by atomic mass is 10.1. The Hall–Kier alpha value is -2.30. The van der Waals surface area contributed by atoms with Crippen molar-refractivity contribution in [2.75, 3.05) is 14.2 Å². The first-order chi connectivity index (χ1) is 12.5. The van der Waals surface area contributed by atoms with Gasteiger partial charge in [0.2, 0.25) is 0 Å². The number of carbonyl (C=O) groups is 1. The van der Waals surface area contributed by atoms with Crippen LogP contribution in [0.3, 0.4) is 0 Å². The first-order valence-corrected chi connectivity index (χ1v) is 9.15. The highest BCUT2D eigenvalue weighted by Gasteiger charge is 2.10. The predicted octanol–water partition coefficient (Wildman–Crippen LogP) is 4.45. The molecule has 0 unspecified atom stereocenters. The van der Waals surface area contributed by atoms with E-state index in [1.54, 1.807) is 18.2 Å². The number of ether oxygens (including phenoxy) is 2. The Bertz CT molecular complexity index is 889. The molecule has 0 atom stereocenters. The number of benzene rings is 2. The fourth-order valence-corrected chi connectivity index (χ4v) is 3.30. The summed E-state index contributed by atoms with van der Waals surface area (Å²) in [5.41, 5.74) is 1.67. The van der Waals surface area contributed by atoms with E-state index in [0.717, 1.165) is 14.5 Å². The number of methoxy groups -OCH3 is 1. The fourth-order valence-electron chi connectivity index (χ4n) is 2.14. The Morgan fingerprint density at radius 1 is 1.23 bits per heavy atom. The zero-order chi connectivity index (χ0) is 19.1. The zero-order valence-corrected chi connectivity index (χ0v) is 17.3. The first kappa shape index (κ1) is 20.0. The Balaban J connectivity index is 2.22. The maximum absolute atomic E-state index is 11.6. The van der Waals surface area contributed by atoms with E-state index in [2.05, 4.69) is 37.2 Å². The third-order valence-electron chi connectivity index (χ3n) is 3.49. The highest BCUT2D eigenvalue weighted by molar-refractivity contribution is 9.11. The minimum Gasteiger partial charge on any atom is -0.493 e. The Morgan fingerprint density at radius 3 is 2.62 bits per heavy atom. The molecule has 2 rings (SSSR count). The lowest BCUT2D eigenvalue weighted by molar-refractivity contribution is -0.116. The lowest BCUT2D eigenvalue weighted by Gasteiger charge is -2.12. The molecule has 0 aromatic heterocycles. The van der Waals surface area contributed by atoms with E-state index in [-0.39, 0.29) is 5.57 Å². The van der Waals surface area contributed by atoms with Crippen molar-refractivity contribution in [3.8, 4) is 17.6 Å². The molecule has 0 aliphatic rings. The molecule has 0 fully saturated rings. The minimum absolute atomic E-state index is 0.0158. The smallest absolute Gasteiger partial charge is 0.261 e. The van der Waals surface area contributed by atoms with Crippen molar-refractivity contribution in [2.24, 2.45) is 0 Å². The first-order valence-electron chi connectivity index (χ1n) is 7.57. The second-order valence-corrected chi connectivity index (χ2v) is 6.95. The standard InChI is InChI=1S/C19H16Br2N2O3/c1-23-19(24)14(10-22)7-12-3-6-17(18(8-12)25-2)26-11-13-4-5-15(20)9-16(13)21/h3-9H,11H2,1-2H3,(H,23,24)/b14-7-. The molecule has 0 spiro atoms. The van der Waals surface area contributed by atoms with Crippen molar-refractivity contribution >= 4 is 43.8 Å². The van der Waals surface area contributed by atoms with Gasteiger partial charge in [0.05, 0.1) is 7.11 Å². The molecule has 2 aromatic carbocycles. The van der Waals surface area contributed by atoms with Gasteiger partial charge in [-0.1, -0.05) is 44.0 Å². The van der Waals surface area contributed by atoms with Gasteiger partial charge in [-0.15, -0.1) is 0 Å². The quantitative estimate of drug-likeness (QED) is 0.490. The van der Waals surface area contributed by atoms with Crippen LogP contribution in [0.1, 0.15) is 11.1 Å². The normalized spacial score (nSPS) is 10.8. The molecule has 1 N–H and O–H groups in total. The molecule has 134 valence electrons. The molecule has 0 bridgehead atoms. The van der Waals surface area contributed by atoms with Crippen LogP contribution in [0, 0.1) is 11.3 Å². The molecule has 5 nitrogen and oxygen atoms in total. The number of hydrogen-bond donors (Lipinski definition) is 1. The Kier molecular flexibility index (Phi) is 7.25. The zero-order valence-electron chi connectivity index (χ0n) is 14.2. The van der Waals surface area contributed by atoms with Gasteiger partial charge in [-0.05, 0) is 35.9 Å². The molecule has 7 heteroatoms. The van der Waals surface area contributed by atoms with Crippen LogP contribution < -0.4 is 14.8 Å². The number of hydrogen-bond acceptors (Lipinski definition) is 4. The van der Waals surface area contributed by atoms with Gasteiger partial charge in [-0.2, -0.15) is 5.26 Å². The van der Waals surface area contributed by atoms with Crippen molar-refractivity contribution in [3.05, 3.63) is 62.0 Å². The lowest BCUT2D eigenvalue weighted by Crippen LogP contribution is -2.19. The number of nitriles is 1. The van der Waals surface area contributed by atoms with Crippen LogP contribution in [0.25, 0.3) is 6.08 Å². The van der Waals surface area contributed by atoms with E-state index in [9.17, 15) is 4.79 Å². The predicted molar refractivity (Wildman–Crippen MR) is 107 cm³/mol. The van der Waals surface area contributed by atoms with Crippen molar-refractivity contribution < 1.29 is 14.3 Å². The van der Waals surface area contributed by atoms with Crippen LogP contribution >= 0.6 is 31.9 Å². The van der Waals surface area contributed by atoms with E-state index in [0.29, 0.717) is 23.7 Å². The van der Waals surface area contributed by atoms with Crippen LogP contribution in [-0.4, -0.2) is 20.1 Å². The van der Waals surface area contributed by atoms with Crippen LogP contribution in [0.4, 0.5) is 0 Å². The molecule has 0 aliphatic carbocycles. The molecule has 0 saturated heterocycles. The summed E-state index contributed by atoms with van der Waals surface area (Å²) in [6, 6.07) is 12.9. The fraction of sp³-hybridized carbons (Fsp3) is 0.158. The molecule has 0 saturated carbocycles. The van der Waals surface area contributed by atoms with Crippen molar-refractivity contribution in [1.82, 2.24) is 5.32 Å². The van der Waals surface area contributed by atoms with Crippen LogP contribution in [0.5, 0.6) is 11.5 Å². The van der Waals surface area contributed by atoms with Gasteiger partial charge in [0.1, 0.15) is 18.2 Å². The van der Waals surface area contributed by atoms with Crippen LogP contribution in [0.15, 0.2) is 50.9 Å². The summed E-state index contributed by atoms with van der Waals surface area (Å²) >= 11 is 6.92. The average Bonchev–Trinajstić information content (AvgIpc) is 2.65. The topological polar surface area (TPSA) is 71.4 Å². The van der Waals surface area contributed by atoms with Gasteiger partial charge in [-0.3, -0.25) is 4.79 Å². The maximum Gasteiger partial charge on any atom is 0.261 e. The molecule has 26 heavy (non-hydrogen) atoms. The number of likely N-dealkylation sites (N-methyl/N-ethyl adjacent to an activating group) is 1. The SMILES string of the molecule is CNC(=O)/C(C#N)=C\c1ccc(OCc2ccc(Br)cc2Br)c(OC)c1. The van der Waals surface area contributed by atoms with Crippen molar-refractivity contribution in [3.63, 3.8) is 0 Å². The molecule has 0 heterocycles. The summed E-state index contributed by atoms with van der Waals surface area (Å²) in [5.74, 6) is 0.644. The monoisotopic (exact) mass is 478 g/mol. The summed E-state index contributed by atoms with van der Waals surface area (Å²) in [6.07, 6.45) is 1.50.